The zero-order valence-corrected chi connectivity index (χ0v) is 13.7. The number of nitrogens with zero attached hydrogens (tertiary/aromatic N) is 2. The van der Waals surface area contributed by atoms with Crippen LogP contribution in [0.25, 0.3) is 0 Å². The fourth-order valence-corrected chi connectivity index (χ4v) is 2.66. The van der Waals surface area contributed by atoms with Crippen molar-refractivity contribution in [1.29, 1.82) is 0 Å². The number of carbonyl (C=O) groups excluding carboxylic acids is 1. The van der Waals surface area contributed by atoms with E-state index in [1.807, 2.05) is 6.92 Å². The van der Waals surface area contributed by atoms with Crippen molar-refractivity contribution in [3.63, 3.8) is 0 Å². The molecule has 2 N–H and O–H groups in total. The molecule has 0 fully saturated rings. The average Bonchev–Trinajstić information content (AvgIpc) is 2.94. The van der Waals surface area contributed by atoms with E-state index in [2.05, 4.69) is 5.10 Å². The SMILES string of the molecule is Cc1ccc(C2=NN(C(=O)c3ccccc3O)[C@@](O)(C(F)(F)F)C2)cc1. The summed E-state index contributed by atoms with van der Waals surface area (Å²) in [7, 11) is 0. The summed E-state index contributed by atoms with van der Waals surface area (Å²) in [5, 5.41) is 23.8. The van der Waals surface area contributed by atoms with Crippen molar-refractivity contribution in [2.45, 2.75) is 25.2 Å². The Morgan fingerprint density at radius 3 is 2.35 bits per heavy atom. The zero-order valence-electron chi connectivity index (χ0n) is 13.7. The minimum Gasteiger partial charge on any atom is -0.507 e. The van der Waals surface area contributed by atoms with Gasteiger partial charge in [-0.1, -0.05) is 42.0 Å². The van der Waals surface area contributed by atoms with Crippen LogP contribution in [0, 0.1) is 6.92 Å². The van der Waals surface area contributed by atoms with E-state index in [0.29, 0.717) is 5.56 Å². The Morgan fingerprint density at radius 2 is 1.77 bits per heavy atom. The second-order valence-electron chi connectivity index (χ2n) is 6.04. The maximum Gasteiger partial charge on any atom is 0.438 e. The van der Waals surface area contributed by atoms with Gasteiger partial charge >= 0.3 is 6.18 Å². The number of para-hydroxylation sites is 1. The van der Waals surface area contributed by atoms with E-state index in [-0.39, 0.29) is 16.3 Å². The molecule has 1 heterocycles. The third kappa shape index (κ3) is 2.92. The molecule has 1 aliphatic heterocycles. The van der Waals surface area contributed by atoms with Crippen LogP contribution in [0.15, 0.2) is 53.6 Å². The van der Waals surface area contributed by atoms with Gasteiger partial charge < -0.3 is 10.2 Å². The van der Waals surface area contributed by atoms with Crippen molar-refractivity contribution in [3.05, 3.63) is 65.2 Å². The molecule has 136 valence electrons. The molecule has 1 atom stereocenters. The molecule has 0 radical (unpaired) electrons. The number of aliphatic hydroxyl groups is 1. The third-order valence-electron chi connectivity index (χ3n) is 4.15. The Bertz CT molecular complexity index is 878. The number of carbonyl (C=O) groups is 1. The van der Waals surface area contributed by atoms with E-state index in [1.54, 1.807) is 24.3 Å². The number of aromatic hydroxyl groups is 1. The Morgan fingerprint density at radius 1 is 1.15 bits per heavy atom. The highest BCUT2D eigenvalue weighted by molar-refractivity contribution is 6.06. The van der Waals surface area contributed by atoms with Crippen molar-refractivity contribution >= 4 is 11.6 Å². The lowest BCUT2D eigenvalue weighted by molar-refractivity contribution is -0.297. The number of hydrazone groups is 1. The van der Waals surface area contributed by atoms with Crippen molar-refractivity contribution in [2.75, 3.05) is 0 Å². The first-order valence-electron chi connectivity index (χ1n) is 7.69. The third-order valence-corrected chi connectivity index (χ3v) is 4.15. The highest BCUT2D eigenvalue weighted by Gasteiger charge is 2.63. The lowest BCUT2D eigenvalue weighted by Gasteiger charge is -2.32. The highest BCUT2D eigenvalue weighted by atomic mass is 19.4. The van der Waals surface area contributed by atoms with E-state index in [1.165, 1.54) is 18.2 Å². The van der Waals surface area contributed by atoms with Gasteiger partial charge in [-0.25, -0.2) is 0 Å². The van der Waals surface area contributed by atoms with Gasteiger partial charge in [-0.05, 0) is 24.6 Å². The van der Waals surface area contributed by atoms with E-state index < -0.39 is 30.0 Å². The summed E-state index contributed by atoms with van der Waals surface area (Å²) in [5.41, 5.74) is -2.68. The van der Waals surface area contributed by atoms with Crippen LogP contribution in [-0.4, -0.2) is 38.7 Å². The molecule has 0 aliphatic carbocycles. The Labute approximate surface area is 147 Å². The first kappa shape index (κ1) is 17.9. The number of phenolic OH excluding ortho intramolecular Hbond substituents is 1. The van der Waals surface area contributed by atoms with Gasteiger partial charge in [0.15, 0.2) is 0 Å². The van der Waals surface area contributed by atoms with Crippen LogP contribution in [0.1, 0.15) is 27.9 Å². The quantitative estimate of drug-likeness (QED) is 0.860. The van der Waals surface area contributed by atoms with Gasteiger partial charge in [0.25, 0.3) is 11.6 Å². The minimum absolute atomic E-state index is 0.00273. The van der Waals surface area contributed by atoms with Gasteiger partial charge in [-0.2, -0.15) is 23.3 Å². The number of amides is 1. The number of halogens is 3. The second-order valence-corrected chi connectivity index (χ2v) is 6.04. The maximum atomic E-state index is 13.5. The molecule has 0 saturated carbocycles. The van der Waals surface area contributed by atoms with Crippen molar-refractivity contribution in [2.24, 2.45) is 5.10 Å². The molecule has 0 spiro atoms. The molecular formula is C18H15F3N2O3. The minimum atomic E-state index is -5.14. The molecule has 0 saturated heterocycles. The predicted octanol–water partition coefficient (Wildman–Crippen LogP) is 3.20. The normalized spacial score (nSPS) is 20.2. The van der Waals surface area contributed by atoms with Gasteiger partial charge in [0.05, 0.1) is 17.7 Å². The standard InChI is InChI=1S/C18H15F3N2O3/c1-11-6-8-12(9-7-11)14-10-17(26,18(19,20)21)23(22-14)16(25)13-4-2-3-5-15(13)24/h2-9,24,26H,10H2,1H3/t17-/m0/s1. The smallest absolute Gasteiger partial charge is 0.438 e. The molecule has 1 amide bonds. The summed E-state index contributed by atoms with van der Waals surface area (Å²) in [4.78, 5) is 12.6. The molecule has 0 bridgehead atoms. The molecule has 1 aliphatic rings. The number of aryl methyl sites for hydroxylation is 1. The lowest BCUT2D eigenvalue weighted by atomic mass is 9.99. The van der Waals surface area contributed by atoms with Crippen LogP contribution in [-0.2, 0) is 0 Å². The Hall–Kier alpha value is -2.87. The van der Waals surface area contributed by atoms with Crippen LogP contribution < -0.4 is 0 Å². The number of rotatable bonds is 2. The molecule has 8 heteroatoms. The summed E-state index contributed by atoms with van der Waals surface area (Å²) in [6, 6.07) is 11.7. The van der Waals surface area contributed by atoms with Crippen LogP contribution in [0.3, 0.4) is 0 Å². The monoisotopic (exact) mass is 364 g/mol. The van der Waals surface area contributed by atoms with Crippen LogP contribution in [0.5, 0.6) is 5.75 Å². The molecule has 0 aromatic heterocycles. The number of hydrogen-bond donors (Lipinski definition) is 2. The van der Waals surface area contributed by atoms with Crippen LogP contribution >= 0.6 is 0 Å². The fourth-order valence-electron chi connectivity index (χ4n) is 2.66. The van der Waals surface area contributed by atoms with Crippen LogP contribution in [0.4, 0.5) is 13.2 Å². The van der Waals surface area contributed by atoms with E-state index in [9.17, 15) is 28.2 Å². The van der Waals surface area contributed by atoms with Gasteiger partial charge in [-0.15, -0.1) is 0 Å². The summed E-state index contributed by atoms with van der Waals surface area (Å²) in [6.07, 6.45) is -6.04. The van der Waals surface area contributed by atoms with Gasteiger partial charge in [0, 0.05) is 0 Å². The van der Waals surface area contributed by atoms with E-state index in [4.69, 9.17) is 0 Å². The first-order valence-corrected chi connectivity index (χ1v) is 7.69. The Balaban J connectivity index is 2.07. The van der Waals surface area contributed by atoms with Gasteiger partial charge in [0.2, 0.25) is 0 Å². The molecule has 5 nitrogen and oxygen atoms in total. The highest BCUT2D eigenvalue weighted by Crippen LogP contribution is 2.42. The number of alkyl halides is 3. The average molecular weight is 364 g/mol. The summed E-state index contributed by atoms with van der Waals surface area (Å²) in [5.74, 6) is -1.74. The zero-order chi connectivity index (χ0) is 19.1. The van der Waals surface area contributed by atoms with Crippen LogP contribution in [0.2, 0.25) is 0 Å². The van der Waals surface area contributed by atoms with Gasteiger partial charge in [0.1, 0.15) is 5.75 Å². The number of benzene rings is 2. The van der Waals surface area contributed by atoms with E-state index >= 15 is 0 Å². The molecular weight excluding hydrogens is 349 g/mol. The van der Waals surface area contributed by atoms with Gasteiger partial charge in [-0.3, -0.25) is 4.79 Å². The molecule has 26 heavy (non-hydrogen) atoms. The maximum absolute atomic E-state index is 13.5. The van der Waals surface area contributed by atoms with Crippen molar-refractivity contribution in [3.8, 4) is 5.75 Å². The predicted molar refractivity (Wildman–Crippen MR) is 87.6 cm³/mol. The van der Waals surface area contributed by atoms with E-state index in [0.717, 1.165) is 11.6 Å². The summed E-state index contributed by atoms with van der Waals surface area (Å²) in [6.45, 7) is 1.82. The largest absolute Gasteiger partial charge is 0.507 e. The summed E-state index contributed by atoms with van der Waals surface area (Å²) >= 11 is 0. The Kier molecular flexibility index (Phi) is 4.23. The molecule has 2 aromatic carbocycles. The fraction of sp³-hybridized carbons (Fsp3) is 0.222. The topological polar surface area (TPSA) is 73.1 Å². The molecule has 2 aromatic rings. The summed E-state index contributed by atoms with van der Waals surface area (Å²) < 4.78 is 40.6. The molecule has 0 unspecified atom stereocenters. The lowest BCUT2D eigenvalue weighted by Crippen LogP contribution is -2.56. The van der Waals surface area contributed by atoms with Crippen molar-refractivity contribution < 1.29 is 28.2 Å². The number of phenols is 1. The van der Waals surface area contributed by atoms with Crippen molar-refractivity contribution in [1.82, 2.24) is 5.01 Å². The molecule has 3 rings (SSSR count). The number of hydrogen-bond acceptors (Lipinski definition) is 4. The first-order chi connectivity index (χ1) is 12.1. The second kappa shape index (κ2) is 6.14.